The van der Waals surface area contributed by atoms with Gasteiger partial charge in [0, 0.05) is 11.5 Å². The summed E-state index contributed by atoms with van der Waals surface area (Å²) in [7, 11) is 0. The van der Waals surface area contributed by atoms with E-state index in [0.717, 1.165) is 32.1 Å². The number of benzene rings is 1. The summed E-state index contributed by atoms with van der Waals surface area (Å²) in [4.78, 5) is 12.1. The first-order valence-corrected chi connectivity index (χ1v) is 10.4. The molecule has 0 bridgehead atoms. The highest BCUT2D eigenvalue weighted by Crippen LogP contribution is 2.29. The quantitative estimate of drug-likeness (QED) is 0.359. The van der Waals surface area contributed by atoms with Crippen LogP contribution in [0.5, 0.6) is 0 Å². The average molecular weight is 381 g/mol. The minimum absolute atomic E-state index is 0.224. The number of rotatable bonds is 11. The summed E-state index contributed by atoms with van der Waals surface area (Å²) >= 11 is 0. The van der Waals surface area contributed by atoms with Gasteiger partial charge >= 0.3 is 5.97 Å². The Morgan fingerprint density at radius 1 is 1.07 bits per heavy atom. The third-order valence-corrected chi connectivity index (χ3v) is 4.88. The second kappa shape index (κ2) is 12.1. The van der Waals surface area contributed by atoms with E-state index in [1.807, 2.05) is 0 Å². The third-order valence-electron chi connectivity index (χ3n) is 4.88. The molecular formula is C22H33FO4. The van der Waals surface area contributed by atoms with E-state index < -0.39 is 18.1 Å². The van der Waals surface area contributed by atoms with Crippen molar-refractivity contribution in [2.24, 2.45) is 5.92 Å². The van der Waals surface area contributed by atoms with Gasteiger partial charge in [-0.05, 0) is 25.0 Å². The number of hydrogen-bond acceptors (Lipinski definition) is 4. The summed E-state index contributed by atoms with van der Waals surface area (Å²) in [6.45, 7) is 5.82. The van der Waals surface area contributed by atoms with Gasteiger partial charge in [-0.15, -0.1) is 0 Å². The van der Waals surface area contributed by atoms with Crippen molar-refractivity contribution in [3.8, 4) is 0 Å². The summed E-state index contributed by atoms with van der Waals surface area (Å²) in [5.41, 5.74) is 0.555. The fraction of sp³-hybridized carbons (Fsp3) is 0.682. The van der Waals surface area contributed by atoms with E-state index >= 15 is 0 Å². The lowest BCUT2D eigenvalue weighted by Gasteiger charge is -2.29. The van der Waals surface area contributed by atoms with Crippen molar-refractivity contribution in [3.05, 3.63) is 35.1 Å². The number of esters is 1. The molecule has 27 heavy (non-hydrogen) atoms. The summed E-state index contributed by atoms with van der Waals surface area (Å²) in [5.74, 6) is -0.615. The van der Waals surface area contributed by atoms with E-state index in [1.54, 1.807) is 12.1 Å². The van der Waals surface area contributed by atoms with E-state index in [2.05, 4.69) is 13.8 Å². The Bertz CT molecular complexity index is 567. The molecule has 1 aromatic rings. The Balaban J connectivity index is 1.77. The Labute approximate surface area is 162 Å². The van der Waals surface area contributed by atoms with Crippen molar-refractivity contribution in [3.63, 3.8) is 0 Å². The highest BCUT2D eigenvalue weighted by atomic mass is 19.1. The molecule has 0 amide bonds. The topological polar surface area (TPSA) is 44.8 Å². The Morgan fingerprint density at radius 2 is 1.78 bits per heavy atom. The minimum atomic E-state index is -0.703. The van der Waals surface area contributed by atoms with Gasteiger partial charge in [0.2, 0.25) is 0 Å². The summed E-state index contributed by atoms with van der Waals surface area (Å²) in [6, 6.07) is 4.35. The molecule has 1 aliphatic rings. The van der Waals surface area contributed by atoms with Crippen LogP contribution in [0.3, 0.4) is 0 Å². The molecule has 4 nitrogen and oxygen atoms in total. The van der Waals surface area contributed by atoms with Gasteiger partial charge in [0.15, 0.2) is 6.29 Å². The fourth-order valence-electron chi connectivity index (χ4n) is 3.27. The minimum Gasteiger partial charge on any atom is -0.462 e. The first-order valence-electron chi connectivity index (χ1n) is 10.4. The molecule has 0 saturated carbocycles. The molecule has 5 heteroatoms. The van der Waals surface area contributed by atoms with Crippen LogP contribution < -0.4 is 0 Å². The van der Waals surface area contributed by atoms with Gasteiger partial charge in [-0.2, -0.15) is 0 Å². The predicted molar refractivity (Wildman–Crippen MR) is 103 cm³/mol. The molecule has 1 aliphatic heterocycles. The van der Waals surface area contributed by atoms with Crippen molar-refractivity contribution >= 4 is 5.97 Å². The molecule has 1 saturated heterocycles. The van der Waals surface area contributed by atoms with Gasteiger partial charge in [-0.3, -0.25) is 0 Å². The fourth-order valence-corrected chi connectivity index (χ4v) is 3.27. The number of unbranched alkanes of at least 4 members (excludes halogenated alkanes) is 5. The van der Waals surface area contributed by atoms with Crippen LogP contribution in [0.15, 0.2) is 18.2 Å². The number of carbonyl (C=O) groups is 1. The monoisotopic (exact) mass is 380 g/mol. The third kappa shape index (κ3) is 7.23. The lowest BCUT2D eigenvalue weighted by Crippen LogP contribution is -2.27. The second-order valence-electron chi connectivity index (χ2n) is 7.29. The van der Waals surface area contributed by atoms with Crippen molar-refractivity contribution < 1.29 is 23.4 Å². The lowest BCUT2D eigenvalue weighted by atomic mass is 10.0. The molecule has 1 heterocycles. The van der Waals surface area contributed by atoms with Crippen LogP contribution in [0.2, 0.25) is 0 Å². The van der Waals surface area contributed by atoms with Crippen LogP contribution >= 0.6 is 0 Å². The summed E-state index contributed by atoms with van der Waals surface area (Å²) < 4.78 is 31.0. The molecule has 0 N–H and O–H groups in total. The van der Waals surface area contributed by atoms with E-state index in [-0.39, 0.29) is 5.56 Å². The number of ether oxygens (including phenoxy) is 3. The second-order valence-corrected chi connectivity index (χ2v) is 7.29. The molecule has 1 fully saturated rings. The van der Waals surface area contributed by atoms with Crippen LogP contribution in [0.4, 0.5) is 4.39 Å². The molecule has 0 aliphatic carbocycles. The Hall–Kier alpha value is -1.46. The van der Waals surface area contributed by atoms with Crippen LogP contribution in [0.25, 0.3) is 0 Å². The summed E-state index contributed by atoms with van der Waals surface area (Å²) in [5, 5.41) is 0. The standard InChI is InChI=1S/C22H33FO4/c1-3-5-6-7-8-9-13-25-21(24)18-11-12-19(20(23)14-18)22-26-15-17(10-4-2)16-27-22/h11-12,14,17,22H,3-10,13,15-16H2,1-2H3. The van der Waals surface area contributed by atoms with Crippen LogP contribution in [-0.4, -0.2) is 25.8 Å². The Kier molecular flexibility index (Phi) is 9.78. The summed E-state index contributed by atoms with van der Waals surface area (Å²) in [6.07, 6.45) is 8.16. The van der Waals surface area contributed by atoms with Gasteiger partial charge in [0.25, 0.3) is 0 Å². The van der Waals surface area contributed by atoms with Gasteiger partial charge in [-0.25, -0.2) is 9.18 Å². The lowest BCUT2D eigenvalue weighted by molar-refractivity contribution is -0.207. The molecule has 0 aromatic heterocycles. The van der Waals surface area contributed by atoms with Crippen molar-refractivity contribution in [2.75, 3.05) is 19.8 Å². The maximum atomic E-state index is 14.4. The van der Waals surface area contributed by atoms with Crippen LogP contribution in [0, 0.1) is 11.7 Å². The zero-order valence-electron chi connectivity index (χ0n) is 16.7. The van der Waals surface area contributed by atoms with E-state index in [9.17, 15) is 9.18 Å². The largest absolute Gasteiger partial charge is 0.462 e. The molecule has 1 aromatic carbocycles. The van der Waals surface area contributed by atoms with Gasteiger partial charge in [0.05, 0.1) is 25.4 Å². The van der Waals surface area contributed by atoms with E-state index in [0.29, 0.717) is 31.3 Å². The molecule has 0 atom stereocenters. The molecular weight excluding hydrogens is 347 g/mol. The van der Waals surface area contributed by atoms with Gasteiger partial charge in [-0.1, -0.05) is 58.4 Å². The first-order chi connectivity index (χ1) is 13.2. The van der Waals surface area contributed by atoms with Crippen molar-refractivity contribution in [1.82, 2.24) is 0 Å². The van der Waals surface area contributed by atoms with Crippen LogP contribution in [-0.2, 0) is 14.2 Å². The number of hydrogen-bond donors (Lipinski definition) is 0. The van der Waals surface area contributed by atoms with Crippen molar-refractivity contribution in [1.29, 1.82) is 0 Å². The van der Waals surface area contributed by atoms with E-state index in [1.165, 1.54) is 25.3 Å². The zero-order chi connectivity index (χ0) is 19.5. The maximum absolute atomic E-state index is 14.4. The molecule has 2 rings (SSSR count). The van der Waals surface area contributed by atoms with Crippen molar-refractivity contribution in [2.45, 2.75) is 71.5 Å². The number of halogens is 1. The maximum Gasteiger partial charge on any atom is 0.338 e. The first kappa shape index (κ1) is 21.8. The zero-order valence-corrected chi connectivity index (χ0v) is 16.7. The SMILES string of the molecule is CCCCCCCCOC(=O)c1ccc(C2OCC(CCC)CO2)c(F)c1. The van der Waals surface area contributed by atoms with E-state index in [4.69, 9.17) is 14.2 Å². The van der Waals surface area contributed by atoms with Crippen LogP contribution in [0.1, 0.15) is 87.4 Å². The molecule has 0 spiro atoms. The molecule has 152 valence electrons. The number of carbonyl (C=O) groups excluding carboxylic acids is 1. The highest BCUT2D eigenvalue weighted by molar-refractivity contribution is 5.89. The molecule has 0 radical (unpaired) electrons. The normalized spacial score (nSPS) is 19.8. The Morgan fingerprint density at radius 3 is 2.44 bits per heavy atom. The smallest absolute Gasteiger partial charge is 0.338 e. The highest BCUT2D eigenvalue weighted by Gasteiger charge is 2.26. The van der Waals surface area contributed by atoms with Gasteiger partial charge < -0.3 is 14.2 Å². The average Bonchev–Trinajstić information content (AvgIpc) is 2.68. The predicted octanol–water partition coefficient (Wildman–Crippen LogP) is 5.80. The molecule has 0 unspecified atom stereocenters. The van der Waals surface area contributed by atoms with Gasteiger partial charge in [0.1, 0.15) is 5.82 Å².